The van der Waals surface area contributed by atoms with Gasteiger partial charge in [0.25, 0.3) is 0 Å². The molecule has 3 rings (SSSR count). The van der Waals surface area contributed by atoms with Crippen molar-refractivity contribution < 1.29 is 14.3 Å². The van der Waals surface area contributed by atoms with Gasteiger partial charge in [0, 0.05) is 15.6 Å². The first-order chi connectivity index (χ1) is 12.0. The molecule has 1 aromatic carbocycles. The molecular weight excluding hydrogens is 360 g/mol. The number of methoxy groups -OCH3 is 1. The highest BCUT2D eigenvalue weighted by molar-refractivity contribution is 7.09. The Labute approximate surface area is 154 Å². The van der Waals surface area contributed by atoms with Gasteiger partial charge in [-0.05, 0) is 30.0 Å². The number of hydrogen-bond donors (Lipinski definition) is 1. The van der Waals surface area contributed by atoms with Crippen LogP contribution in [0, 0.1) is 0 Å². The third-order valence-electron chi connectivity index (χ3n) is 4.11. The van der Waals surface area contributed by atoms with Crippen LogP contribution in [0.15, 0.2) is 53.0 Å². The van der Waals surface area contributed by atoms with Crippen LogP contribution in [0.5, 0.6) is 0 Å². The molecule has 1 aliphatic heterocycles. The molecule has 0 spiro atoms. The molecule has 0 bridgehead atoms. The van der Waals surface area contributed by atoms with Crippen LogP contribution in [0.3, 0.4) is 0 Å². The number of urea groups is 1. The largest absolute Gasteiger partial charge is 0.466 e. The molecule has 0 fully saturated rings. The van der Waals surface area contributed by atoms with Crippen molar-refractivity contribution in [1.29, 1.82) is 0 Å². The van der Waals surface area contributed by atoms with Gasteiger partial charge in [-0.3, -0.25) is 4.90 Å². The van der Waals surface area contributed by atoms with Crippen molar-refractivity contribution in [2.24, 2.45) is 0 Å². The van der Waals surface area contributed by atoms with E-state index >= 15 is 0 Å². The lowest BCUT2D eigenvalue weighted by Gasteiger charge is -2.35. The Morgan fingerprint density at radius 1 is 1.32 bits per heavy atom. The Bertz CT molecular complexity index is 833. The first-order valence-corrected chi connectivity index (χ1v) is 8.92. The monoisotopic (exact) mass is 376 g/mol. The maximum atomic E-state index is 12.7. The number of ether oxygens (including phenoxy) is 1. The van der Waals surface area contributed by atoms with Gasteiger partial charge in [0.15, 0.2) is 0 Å². The molecule has 0 aliphatic carbocycles. The highest BCUT2D eigenvalue weighted by Gasteiger charge is 2.37. The summed E-state index contributed by atoms with van der Waals surface area (Å²) in [6.07, 6.45) is 0. The number of halogens is 1. The fraction of sp³-hybridized carbons (Fsp3) is 0.222. The van der Waals surface area contributed by atoms with Gasteiger partial charge in [0.2, 0.25) is 0 Å². The number of rotatable bonds is 4. The van der Waals surface area contributed by atoms with Crippen LogP contribution < -0.4 is 5.32 Å². The summed E-state index contributed by atoms with van der Waals surface area (Å²) in [5.41, 5.74) is 1.61. The van der Waals surface area contributed by atoms with Crippen LogP contribution in [0.1, 0.15) is 23.4 Å². The van der Waals surface area contributed by atoms with Crippen LogP contribution in [-0.2, 0) is 16.1 Å². The number of allylic oxidation sites excluding steroid dienone is 1. The summed E-state index contributed by atoms with van der Waals surface area (Å²) in [4.78, 5) is 27.7. The Kier molecular flexibility index (Phi) is 5.11. The summed E-state index contributed by atoms with van der Waals surface area (Å²) >= 11 is 7.83. The number of carbonyl (C=O) groups is 2. The lowest BCUT2D eigenvalue weighted by atomic mass is 9.95. The van der Waals surface area contributed by atoms with Crippen molar-refractivity contribution in [1.82, 2.24) is 10.2 Å². The second-order valence-electron chi connectivity index (χ2n) is 5.56. The average Bonchev–Trinajstić information content (AvgIpc) is 3.11. The molecule has 7 heteroatoms. The molecule has 0 radical (unpaired) electrons. The number of amides is 2. The van der Waals surface area contributed by atoms with E-state index in [1.165, 1.54) is 7.11 Å². The molecule has 2 aromatic rings. The lowest BCUT2D eigenvalue weighted by molar-refractivity contribution is -0.136. The molecule has 1 aromatic heterocycles. The van der Waals surface area contributed by atoms with Gasteiger partial charge in [-0.1, -0.05) is 35.9 Å². The van der Waals surface area contributed by atoms with Crippen LogP contribution in [0.2, 0.25) is 5.02 Å². The lowest BCUT2D eigenvalue weighted by Crippen LogP contribution is -2.47. The number of hydrogen-bond acceptors (Lipinski definition) is 4. The van der Waals surface area contributed by atoms with E-state index in [9.17, 15) is 9.59 Å². The normalized spacial score (nSPS) is 17.5. The van der Waals surface area contributed by atoms with Crippen molar-refractivity contribution in [2.75, 3.05) is 7.11 Å². The van der Waals surface area contributed by atoms with E-state index in [1.807, 2.05) is 23.6 Å². The molecule has 1 N–H and O–H groups in total. The summed E-state index contributed by atoms with van der Waals surface area (Å²) in [5, 5.41) is 5.31. The molecule has 0 saturated carbocycles. The van der Waals surface area contributed by atoms with E-state index in [0.717, 1.165) is 4.88 Å². The second-order valence-corrected chi connectivity index (χ2v) is 7.00. The summed E-state index contributed by atoms with van der Waals surface area (Å²) in [5.74, 6) is -0.487. The second kappa shape index (κ2) is 7.29. The Morgan fingerprint density at radius 2 is 2.08 bits per heavy atom. The third-order valence-corrected chi connectivity index (χ3v) is 5.32. The zero-order valence-corrected chi connectivity index (χ0v) is 15.4. The summed E-state index contributed by atoms with van der Waals surface area (Å²) in [7, 11) is 1.33. The van der Waals surface area contributed by atoms with E-state index < -0.39 is 12.0 Å². The highest BCUT2D eigenvalue weighted by Crippen LogP contribution is 2.35. The first-order valence-electron chi connectivity index (χ1n) is 7.67. The molecule has 25 heavy (non-hydrogen) atoms. The molecule has 130 valence electrons. The number of nitrogens with one attached hydrogen (secondary N) is 1. The molecule has 0 unspecified atom stereocenters. The zero-order chi connectivity index (χ0) is 18.0. The Hall–Kier alpha value is -2.31. The fourth-order valence-electron chi connectivity index (χ4n) is 2.85. The van der Waals surface area contributed by atoms with Gasteiger partial charge in [-0.25, -0.2) is 9.59 Å². The maximum absolute atomic E-state index is 12.7. The van der Waals surface area contributed by atoms with Crippen LogP contribution in [0.25, 0.3) is 0 Å². The number of nitrogens with zero attached hydrogens (tertiary/aromatic N) is 1. The van der Waals surface area contributed by atoms with Gasteiger partial charge < -0.3 is 10.1 Å². The fourth-order valence-corrected chi connectivity index (χ4v) is 3.78. The van der Waals surface area contributed by atoms with Crippen molar-refractivity contribution >= 4 is 34.9 Å². The average molecular weight is 377 g/mol. The third kappa shape index (κ3) is 3.41. The Balaban J connectivity index is 2.06. The minimum Gasteiger partial charge on any atom is -0.466 e. The van der Waals surface area contributed by atoms with E-state index in [-0.39, 0.29) is 6.03 Å². The van der Waals surface area contributed by atoms with Crippen molar-refractivity contribution in [3.63, 3.8) is 0 Å². The minimum atomic E-state index is -0.645. The summed E-state index contributed by atoms with van der Waals surface area (Å²) in [6, 6.07) is 10.1. The molecule has 1 atom stereocenters. The first kappa shape index (κ1) is 17.5. The number of thiophene rings is 1. The van der Waals surface area contributed by atoms with E-state index in [4.69, 9.17) is 16.3 Å². The van der Waals surface area contributed by atoms with Crippen LogP contribution >= 0.6 is 22.9 Å². The number of carbonyl (C=O) groups excluding carboxylic acids is 2. The smallest absolute Gasteiger partial charge is 0.337 e. The predicted octanol–water partition coefficient (Wildman–Crippen LogP) is 4.12. The van der Waals surface area contributed by atoms with Crippen molar-refractivity contribution in [2.45, 2.75) is 19.5 Å². The highest BCUT2D eigenvalue weighted by atomic mass is 35.5. The number of esters is 1. The van der Waals surface area contributed by atoms with E-state index in [1.54, 1.807) is 41.4 Å². The summed E-state index contributed by atoms with van der Waals surface area (Å²) in [6.45, 7) is 2.15. The van der Waals surface area contributed by atoms with Gasteiger partial charge in [-0.15, -0.1) is 11.3 Å². The van der Waals surface area contributed by atoms with E-state index in [2.05, 4.69) is 5.32 Å². The van der Waals surface area contributed by atoms with Gasteiger partial charge >= 0.3 is 12.0 Å². The zero-order valence-electron chi connectivity index (χ0n) is 13.8. The van der Waals surface area contributed by atoms with Gasteiger partial charge in [0.1, 0.15) is 0 Å². The molecule has 5 nitrogen and oxygen atoms in total. The van der Waals surface area contributed by atoms with Crippen molar-refractivity contribution in [3.8, 4) is 0 Å². The molecule has 2 amide bonds. The van der Waals surface area contributed by atoms with Gasteiger partial charge in [0.05, 0.1) is 25.3 Å². The SMILES string of the molecule is COC(=O)C1=C(C)N(Cc2cccs2)C(=O)N[C@H]1c1ccccc1Cl. The van der Waals surface area contributed by atoms with Gasteiger partial charge in [-0.2, -0.15) is 0 Å². The standard InChI is InChI=1S/C18H17ClN2O3S/c1-11-15(17(22)24-2)16(13-7-3-4-8-14(13)19)20-18(23)21(11)10-12-6-5-9-25-12/h3-9,16H,10H2,1-2H3,(H,20,23)/t16-/m0/s1. The summed E-state index contributed by atoms with van der Waals surface area (Å²) < 4.78 is 4.96. The topological polar surface area (TPSA) is 58.6 Å². The molecule has 1 aliphatic rings. The minimum absolute atomic E-state index is 0.275. The molecular formula is C18H17ClN2O3S. The quantitative estimate of drug-likeness (QED) is 0.817. The van der Waals surface area contributed by atoms with E-state index in [0.29, 0.717) is 28.4 Å². The van der Waals surface area contributed by atoms with Crippen LogP contribution in [0.4, 0.5) is 4.79 Å². The Morgan fingerprint density at radius 3 is 2.72 bits per heavy atom. The van der Waals surface area contributed by atoms with Crippen molar-refractivity contribution in [3.05, 3.63) is 68.5 Å². The number of benzene rings is 1. The van der Waals surface area contributed by atoms with Crippen LogP contribution in [-0.4, -0.2) is 24.0 Å². The predicted molar refractivity (Wildman–Crippen MR) is 97.3 cm³/mol. The molecule has 0 saturated heterocycles. The molecule has 2 heterocycles. The maximum Gasteiger partial charge on any atom is 0.337 e.